The molecule has 0 amide bonds. The minimum Gasteiger partial charge on any atom is -0.462 e. The summed E-state index contributed by atoms with van der Waals surface area (Å²) in [4.78, 5) is 73.0. The van der Waals surface area contributed by atoms with E-state index in [1.54, 1.807) is 0 Å². The van der Waals surface area contributed by atoms with Crippen LogP contribution in [0.2, 0.25) is 0 Å². The number of unbranched alkanes of at least 4 members (excludes halogenated alkanes) is 56. The molecule has 0 aromatic carbocycles. The molecule has 0 heterocycles. The molecular weight excluding hydrogens is 1310 g/mol. The number of esters is 4. The van der Waals surface area contributed by atoms with E-state index in [-0.39, 0.29) is 25.7 Å². The van der Waals surface area contributed by atoms with Gasteiger partial charge in [0.05, 0.1) is 26.4 Å². The molecule has 0 saturated carbocycles. The minimum absolute atomic E-state index is 0.109. The molecule has 594 valence electrons. The predicted octanol–water partition coefficient (Wildman–Crippen LogP) is 24.6. The lowest BCUT2D eigenvalue weighted by atomic mass is 10.0. The van der Waals surface area contributed by atoms with Gasteiger partial charge in [-0.3, -0.25) is 37.3 Å². The molecule has 0 aromatic rings. The topological polar surface area (TPSA) is 237 Å². The molecule has 0 aromatic heterocycles. The van der Waals surface area contributed by atoms with Gasteiger partial charge in [-0.1, -0.05) is 387 Å². The number of carbonyl (C=O) groups excluding carboxylic acids is 4. The number of hydrogen-bond donors (Lipinski definition) is 3. The zero-order valence-corrected chi connectivity index (χ0v) is 67.0. The van der Waals surface area contributed by atoms with Gasteiger partial charge in [0.25, 0.3) is 0 Å². The number of ether oxygens (including phenoxy) is 4. The summed E-state index contributed by atoms with van der Waals surface area (Å²) in [5.41, 5.74) is 0. The van der Waals surface area contributed by atoms with Gasteiger partial charge < -0.3 is 33.8 Å². The van der Waals surface area contributed by atoms with Crippen molar-refractivity contribution < 1.29 is 80.2 Å². The minimum atomic E-state index is -4.96. The molecule has 100 heavy (non-hydrogen) atoms. The van der Waals surface area contributed by atoms with Crippen LogP contribution >= 0.6 is 15.6 Å². The number of phosphoric ester groups is 2. The molecule has 0 spiro atoms. The first kappa shape index (κ1) is 98.1. The number of aliphatic hydroxyl groups excluding tert-OH is 1. The van der Waals surface area contributed by atoms with Gasteiger partial charge in [0.15, 0.2) is 12.2 Å². The summed E-state index contributed by atoms with van der Waals surface area (Å²) in [5, 5.41) is 10.6. The van der Waals surface area contributed by atoms with E-state index in [0.29, 0.717) is 25.7 Å². The summed E-state index contributed by atoms with van der Waals surface area (Å²) >= 11 is 0. The Morgan fingerprint density at radius 2 is 0.400 bits per heavy atom. The number of hydrogen-bond acceptors (Lipinski definition) is 15. The Morgan fingerprint density at radius 1 is 0.240 bits per heavy atom. The van der Waals surface area contributed by atoms with Gasteiger partial charge in [0.1, 0.15) is 19.3 Å². The number of phosphoric acid groups is 2. The van der Waals surface area contributed by atoms with Gasteiger partial charge in [-0.15, -0.1) is 0 Å². The van der Waals surface area contributed by atoms with Gasteiger partial charge >= 0.3 is 39.5 Å². The first-order chi connectivity index (χ1) is 48.7. The van der Waals surface area contributed by atoms with Crippen molar-refractivity contribution in [1.29, 1.82) is 0 Å². The molecule has 0 bridgehead atoms. The third-order valence-electron chi connectivity index (χ3n) is 19.1. The van der Waals surface area contributed by atoms with Crippen LogP contribution < -0.4 is 0 Å². The molecule has 5 atom stereocenters. The summed E-state index contributed by atoms with van der Waals surface area (Å²) in [6, 6.07) is 0. The highest BCUT2D eigenvalue weighted by molar-refractivity contribution is 7.47. The van der Waals surface area contributed by atoms with Crippen LogP contribution in [0.25, 0.3) is 0 Å². The molecule has 2 unspecified atom stereocenters. The second kappa shape index (κ2) is 75.3. The highest BCUT2D eigenvalue weighted by Gasteiger charge is 2.30. The lowest BCUT2D eigenvalue weighted by Crippen LogP contribution is -2.30. The van der Waals surface area contributed by atoms with E-state index < -0.39 is 97.5 Å². The molecule has 0 aliphatic heterocycles. The Balaban J connectivity index is 5.21. The van der Waals surface area contributed by atoms with Gasteiger partial charge in [-0.2, -0.15) is 0 Å². The third-order valence-corrected chi connectivity index (χ3v) is 21.0. The van der Waals surface area contributed by atoms with E-state index >= 15 is 0 Å². The molecule has 0 radical (unpaired) electrons. The van der Waals surface area contributed by atoms with Crippen molar-refractivity contribution >= 4 is 39.5 Å². The number of rotatable bonds is 82. The molecule has 3 N–H and O–H groups in total. The van der Waals surface area contributed by atoms with Crippen molar-refractivity contribution in [2.24, 2.45) is 0 Å². The van der Waals surface area contributed by atoms with Crippen LogP contribution in [-0.2, 0) is 65.4 Å². The molecule has 17 nitrogen and oxygen atoms in total. The van der Waals surface area contributed by atoms with Crippen LogP contribution in [-0.4, -0.2) is 96.7 Å². The summed E-state index contributed by atoms with van der Waals surface area (Å²) in [7, 11) is -9.91. The van der Waals surface area contributed by atoms with Gasteiger partial charge in [-0.25, -0.2) is 9.13 Å². The maximum absolute atomic E-state index is 13.1. The van der Waals surface area contributed by atoms with Crippen LogP contribution in [0.15, 0.2) is 0 Å². The fourth-order valence-corrected chi connectivity index (χ4v) is 14.2. The number of carbonyl (C=O) groups is 4. The van der Waals surface area contributed by atoms with E-state index in [9.17, 15) is 43.2 Å². The van der Waals surface area contributed by atoms with Crippen molar-refractivity contribution in [3.8, 4) is 0 Å². The summed E-state index contributed by atoms with van der Waals surface area (Å²) in [5.74, 6) is -2.10. The Hall–Kier alpha value is -1.94. The largest absolute Gasteiger partial charge is 0.472 e. The molecule has 0 fully saturated rings. The standard InChI is InChI=1S/C81H158O17P2/c1-5-9-13-17-21-25-28-31-34-36-37-38-39-42-45-48-52-56-60-64-68-81(86)98-77(72-92-79(84)66-62-58-54-50-46-43-41-35-32-29-26-22-18-14-10-6-2)74-96-100(89,90)94-70-75(82)69-93-99(87,88)95-73-76(71-91-78(83)65-61-57-53-49-24-20-16-12-8-4)97-80(85)67-63-59-55-51-47-44-40-33-30-27-23-19-15-11-7-3/h75-77,82H,5-74H2,1-4H3,(H,87,88)(H,89,90)/t75-,76+,77+/m0/s1. The second-order valence-electron chi connectivity index (χ2n) is 29.2. The molecular formula is C81H158O17P2. The Kier molecular flexibility index (Phi) is 73.8. The molecule has 19 heteroatoms. The number of aliphatic hydroxyl groups is 1. The molecule has 0 aliphatic carbocycles. The average Bonchev–Trinajstić information content (AvgIpc) is 0.959. The van der Waals surface area contributed by atoms with E-state index in [1.165, 1.54) is 270 Å². The average molecular weight is 1470 g/mol. The smallest absolute Gasteiger partial charge is 0.462 e. The summed E-state index contributed by atoms with van der Waals surface area (Å²) in [6.07, 6.45) is 68.0. The Bertz CT molecular complexity index is 1890. The van der Waals surface area contributed by atoms with E-state index in [4.69, 9.17) is 37.0 Å². The highest BCUT2D eigenvalue weighted by Crippen LogP contribution is 2.45. The maximum Gasteiger partial charge on any atom is 0.472 e. The SMILES string of the molecule is CCCCCCCCCCCCCCCCCCCCCCC(=O)O[C@H](COC(=O)CCCCCCCCCCCCCCCCCC)COP(=O)(O)OC[C@@H](O)COP(=O)(O)OC[C@@H](COC(=O)CCCCCCCCCCC)OC(=O)CCCCCCCCCCCCCCCCC. The normalized spacial score (nSPS) is 13.8. The predicted molar refractivity (Wildman–Crippen MR) is 409 cm³/mol. The van der Waals surface area contributed by atoms with Crippen LogP contribution in [0, 0.1) is 0 Å². The van der Waals surface area contributed by atoms with E-state index in [2.05, 4.69) is 27.7 Å². The van der Waals surface area contributed by atoms with Crippen molar-refractivity contribution in [2.75, 3.05) is 39.6 Å². The summed E-state index contributed by atoms with van der Waals surface area (Å²) in [6.45, 7) is 5.02. The Morgan fingerprint density at radius 3 is 0.590 bits per heavy atom. The first-order valence-corrected chi connectivity index (χ1v) is 45.3. The van der Waals surface area contributed by atoms with Gasteiger partial charge in [0, 0.05) is 25.7 Å². The lowest BCUT2D eigenvalue weighted by Gasteiger charge is -2.21. The Labute approximate surface area is 613 Å². The first-order valence-electron chi connectivity index (χ1n) is 42.3. The monoisotopic (exact) mass is 1470 g/mol. The van der Waals surface area contributed by atoms with Gasteiger partial charge in [-0.05, 0) is 25.7 Å². The van der Waals surface area contributed by atoms with Crippen molar-refractivity contribution in [1.82, 2.24) is 0 Å². The third kappa shape index (κ3) is 74.3. The maximum atomic E-state index is 13.1. The van der Waals surface area contributed by atoms with E-state index in [1.807, 2.05) is 0 Å². The fourth-order valence-electron chi connectivity index (χ4n) is 12.6. The molecule has 0 saturated heterocycles. The van der Waals surface area contributed by atoms with Crippen molar-refractivity contribution in [3.05, 3.63) is 0 Å². The van der Waals surface area contributed by atoms with Crippen molar-refractivity contribution in [3.63, 3.8) is 0 Å². The summed E-state index contributed by atoms with van der Waals surface area (Å²) < 4.78 is 68.7. The quantitative estimate of drug-likeness (QED) is 0.0222. The van der Waals surface area contributed by atoms with Crippen LogP contribution in [0.3, 0.4) is 0 Å². The van der Waals surface area contributed by atoms with Crippen LogP contribution in [0.1, 0.15) is 439 Å². The van der Waals surface area contributed by atoms with Crippen LogP contribution in [0.4, 0.5) is 0 Å². The zero-order chi connectivity index (χ0) is 73.2. The molecule has 0 aliphatic rings. The fraction of sp³-hybridized carbons (Fsp3) is 0.951. The van der Waals surface area contributed by atoms with Gasteiger partial charge in [0.2, 0.25) is 0 Å². The molecule has 0 rings (SSSR count). The zero-order valence-electron chi connectivity index (χ0n) is 65.2. The van der Waals surface area contributed by atoms with Crippen molar-refractivity contribution in [2.45, 2.75) is 457 Å². The highest BCUT2D eigenvalue weighted by atomic mass is 31.2. The van der Waals surface area contributed by atoms with Crippen LogP contribution in [0.5, 0.6) is 0 Å². The second-order valence-corrected chi connectivity index (χ2v) is 32.1. The van der Waals surface area contributed by atoms with E-state index in [0.717, 1.165) is 89.9 Å². The lowest BCUT2D eigenvalue weighted by molar-refractivity contribution is -0.161.